The fourth-order valence-electron chi connectivity index (χ4n) is 1.77. The smallest absolute Gasteiger partial charge is 0.0568 e. The standard InChI is InChI=1S/C14H17N3/c1-10(2)11-3-5-12(6-4-11)14(15)13-7-8-16-17-9-13/h3-10,14H,15H2,1-2H3. The fourth-order valence-corrected chi connectivity index (χ4v) is 1.77. The molecule has 0 aliphatic rings. The Bertz CT molecular complexity index is 463. The number of nitrogens with zero attached hydrogens (tertiary/aromatic N) is 2. The lowest BCUT2D eigenvalue weighted by Crippen LogP contribution is -2.12. The average Bonchev–Trinajstić information content (AvgIpc) is 2.39. The van der Waals surface area contributed by atoms with Gasteiger partial charge < -0.3 is 5.73 Å². The van der Waals surface area contributed by atoms with Crippen molar-refractivity contribution >= 4 is 0 Å². The molecule has 0 radical (unpaired) electrons. The summed E-state index contributed by atoms with van der Waals surface area (Å²) in [5, 5.41) is 7.60. The van der Waals surface area contributed by atoms with E-state index in [2.05, 4.69) is 48.3 Å². The number of benzene rings is 1. The zero-order valence-electron chi connectivity index (χ0n) is 10.2. The third-order valence-electron chi connectivity index (χ3n) is 2.93. The van der Waals surface area contributed by atoms with Gasteiger partial charge in [0.2, 0.25) is 0 Å². The fraction of sp³-hybridized carbons (Fsp3) is 0.286. The highest BCUT2D eigenvalue weighted by molar-refractivity contribution is 5.32. The van der Waals surface area contributed by atoms with Gasteiger partial charge in [-0.25, -0.2) is 0 Å². The van der Waals surface area contributed by atoms with Gasteiger partial charge in [0, 0.05) is 6.20 Å². The quantitative estimate of drug-likeness (QED) is 0.877. The van der Waals surface area contributed by atoms with Crippen LogP contribution in [0.25, 0.3) is 0 Å². The van der Waals surface area contributed by atoms with Gasteiger partial charge >= 0.3 is 0 Å². The first-order chi connectivity index (χ1) is 8.18. The third-order valence-corrected chi connectivity index (χ3v) is 2.93. The summed E-state index contributed by atoms with van der Waals surface area (Å²) in [7, 11) is 0. The summed E-state index contributed by atoms with van der Waals surface area (Å²) in [6.07, 6.45) is 3.37. The summed E-state index contributed by atoms with van der Waals surface area (Å²) in [4.78, 5) is 0. The molecular weight excluding hydrogens is 210 g/mol. The Morgan fingerprint density at radius 3 is 2.06 bits per heavy atom. The molecule has 0 aliphatic carbocycles. The van der Waals surface area contributed by atoms with E-state index in [1.807, 2.05) is 6.07 Å². The van der Waals surface area contributed by atoms with E-state index in [1.165, 1.54) is 5.56 Å². The van der Waals surface area contributed by atoms with Gasteiger partial charge in [0.1, 0.15) is 0 Å². The molecule has 1 aromatic heterocycles. The summed E-state index contributed by atoms with van der Waals surface area (Å²) in [6, 6.07) is 10.2. The van der Waals surface area contributed by atoms with Gasteiger partial charge in [-0.15, -0.1) is 0 Å². The Morgan fingerprint density at radius 1 is 0.882 bits per heavy atom. The highest BCUT2D eigenvalue weighted by atomic mass is 15.1. The molecule has 0 bridgehead atoms. The van der Waals surface area contributed by atoms with Crippen molar-refractivity contribution in [3.63, 3.8) is 0 Å². The van der Waals surface area contributed by atoms with Crippen LogP contribution in [0, 0.1) is 0 Å². The summed E-state index contributed by atoms with van der Waals surface area (Å²) < 4.78 is 0. The van der Waals surface area contributed by atoms with Crippen LogP contribution in [0.3, 0.4) is 0 Å². The largest absolute Gasteiger partial charge is 0.320 e. The first-order valence-electron chi connectivity index (χ1n) is 5.80. The monoisotopic (exact) mass is 227 g/mol. The Balaban J connectivity index is 2.23. The van der Waals surface area contributed by atoms with Crippen LogP contribution in [-0.2, 0) is 0 Å². The lowest BCUT2D eigenvalue weighted by molar-refractivity contribution is 0.834. The van der Waals surface area contributed by atoms with Crippen LogP contribution in [0.1, 0.15) is 42.5 Å². The van der Waals surface area contributed by atoms with Crippen LogP contribution in [0.5, 0.6) is 0 Å². The second-order valence-electron chi connectivity index (χ2n) is 4.47. The topological polar surface area (TPSA) is 51.8 Å². The maximum Gasteiger partial charge on any atom is 0.0568 e. The van der Waals surface area contributed by atoms with E-state index < -0.39 is 0 Å². The van der Waals surface area contributed by atoms with Crippen molar-refractivity contribution in [2.24, 2.45) is 5.73 Å². The molecular formula is C14H17N3. The normalized spacial score (nSPS) is 12.7. The molecule has 1 aromatic carbocycles. The Morgan fingerprint density at radius 2 is 1.53 bits per heavy atom. The van der Waals surface area contributed by atoms with Gasteiger partial charge in [-0.2, -0.15) is 10.2 Å². The molecule has 2 rings (SSSR count). The molecule has 0 fully saturated rings. The summed E-state index contributed by atoms with van der Waals surface area (Å²) in [5.74, 6) is 0.544. The van der Waals surface area contributed by atoms with Gasteiger partial charge in [-0.1, -0.05) is 38.1 Å². The second-order valence-corrected chi connectivity index (χ2v) is 4.47. The SMILES string of the molecule is CC(C)c1ccc(C(N)c2ccnnc2)cc1. The number of rotatable bonds is 3. The molecule has 0 amide bonds. The highest BCUT2D eigenvalue weighted by Crippen LogP contribution is 2.21. The number of aromatic nitrogens is 2. The molecule has 0 saturated heterocycles. The molecule has 0 aliphatic heterocycles. The van der Waals surface area contributed by atoms with Crippen molar-refractivity contribution in [3.05, 3.63) is 59.4 Å². The Hall–Kier alpha value is -1.74. The second kappa shape index (κ2) is 5.06. The third kappa shape index (κ3) is 2.68. The van der Waals surface area contributed by atoms with Gasteiger partial charge in [-0.3, -0.25) is 0 Å². The van der Waals surface area contributed by atoms with Crippen LogP contribution in [0.2, 0.25) is 0 Å². The molecule has 0 saturated carbocycles. The molecule has 17 heavy (non-hydrogen) atoms. The van der Waals surface area contributed by atoms with E-state index in [1.54, 1.807) is 12.4 Å². The van der Waals surface area contributed by atoms with E-state index >= 15 is 0 Å². The zero-order valence-corrected chi connectivity index (χ0v) is 10.2. The van der Waals surface area contributed by atoms with E-state index in [0.717, 1.165) is 11.1 Å². The van der Waals surface area contributed by atoms with Crippen LogP contribution in [-0.4, -0.2) is 10.2 Å². The van der Waals surface area contributed by atoms with E-state index in [9.17, 15) is 0 Å². The van der Waals surface area contributed by atoms with Crippen molar-refractivity contribution in [2.45, 2.75) is 25.8 Å². The molecule has 2 aromatic rings. The number of hydrogen-bond donors (Lipinski definition) is 1. The van der Waals surface area contributed by atoms with E-state index in [0.29, 0.717) is 5.92 Å². The van der Waals surface area contributed by atoms with Crippen LogP contribution < -0.4 is 5.73 Å². The van der Waals surface area contributed by atoms with Gasteiger partial charge in [0.25, 0.3) is 0 Å². The lowest BCUT2D eigenvalue weighted by atomic mass is 9.97. The predicted molar refractivity (Wildman–Crippen MR) is 68.6 cm³/mol. The minimum Gasteiger partial charge on any atom is -0.320 e. The Kier molecular flexibility index (Phi) is 3.49. The van der Waals surface area contributed by atoms with Crippen molar-refractivity contribution in [1.29, 1.82) is 0 Å². The highest BCUT2D eigenvalue weighted by Gasteiger charge is 2.09. The first-order valence-corrected chi connectivity index (χ1v) is 5.80. The summed E-state index contributed by atoms with van der Waals surface area (Å²) >= 11 is 0. The van der Waals surface area contributed by atoms with Crippen LogP contribution in [0.15, 0.2) is 42.7 Å². The molecule has 3 heteroatoms. The van der Waals surface area contributed by atoms with Crippen molar-refractivity contribution in [1.82, 2.24) is 10.2 Å². The van der Waals surface area contributed by atoms with E-state index in [4.69, 9.17) is 5.73 Å². The molecule has 2 N–H and O–H groups in total. The maximum absolute atomic E-state index is 6.17. The molecule has 1 heterocycles. The molecule has 88 valence electrons. The lowest BCUT2D eigenvalue weighted by Gasteiger charge is -2.13. The van der Waals surface area contributed by atoms with Crippen LogP contribution >= 0.6 is 0 Å². The molecule has 3 nitrogen and oxygen atoms in total. The van der Waals surface area contributed by atoms with Gasteiger partial charge in [0.15, 0.2) is 0 Å². The maximum atomic E-state index is 6.17. The van der Waals surface area contributed by atoms with Crippen molar-refractivity contribution in [3.8, 4) is 0 Å². The van der Waals surface area contributed by atoms with Crippen molar-refractivity contribution < 1.29 is 0 Å². The first kappa shape index (κ1) is 11.7. The van der Waals surface area contributed by atoms with E-state index in [-0.39, 0.29) is 6.04 Å². The molecule has 1 atom stereocenters. The average molecular weight is 227 g/mol. The molecule has 1 unspecified atom stereocenters. The minimum atomic E-state index is -0.133. The zero-order chi connectivity index (χ0) is 12.3. The summed E-state index contributed by atoms with van der Waals surface area (Å²) in [6.45, 7) is 4.36. The van der Waals surface area contributed by atoms with Gasteiger partial charge in [-0.05, 0) is 28.7 Å². The van der Waals surface area contributed by atoms with Crippen molar-refractivity contribution in [2.75, 3.05) is 0 Å². The van der Waals surface area contributed by atoms with Gasteiger partial charge in [0.05, 0.1) is 12.2 Å². The minimum absolute atomic E-state index is 0.133. The molecule has 0 spiro atoms. The number of nitrogens with two attached hydrogens (primary N) is 1. The van der Waals surface area contributed by atoms with Crippen LogP contribution in [0.4, 0.5) is 0 Å². The Labute approximate surface area is 102 Å². The predicted octanol–water partition coefficient (Wildman–Crippen LogP) is 2.65. The summed E-state index contributed by atoms with van der Waals surface area (Å²) in [5.41, 5.74) is 9.59. The number of hydrogen-bond acceptors (Lipinski definition) is 3.